The molecule has 0 radical (unpaired) electrons. The molecule has 0 N–H and O–H groups in total. The number of carbonyl (C=O) groups is 1. The molecule has 4 heteroatoms. The third-order valence-electron chi connectivity index (χ3n) is 3.35. The van der Waals surface area contributed by atoms with Gasteiger partial charge in [-0.1, -0.05) is 66.7 Å². The Bertz CT molecular complexity index is 857. The first-order valence-corrected chi connectivity index (χ1v) is 7.51. The fourth-order valence-corrected chi connectivity index (χ4v) is 2.16. The van der Waals surface area contributed by atoms with E-state index in [0.717, 1.165) is 11.1 Å². The van der Waals surface area contributed by atoms with Crippen LogP contribution < -0.4 is 0 Å². The molecule has 24 heavy (non-hydrogen) atoms. The van der Waals surface area contributed by atoms with Gasteiger partial charge in [-0.05, 0) is 6.07 Å². The van der Waals surface area contributed by atoms with Crippen molar-refractivity contribution in [2.45, 2.75) is 0 Å². The summed E-state index contributed by atoms with van der Waals surface area (Å²) in [7, 11) is 0. The zero-order valence-electron chi connectivity index (χ0n) is 12.9. The van der Waals surface area contributed by atoms with Crippen LogP contribution in [-0.2, 0) is 0 Å². The Labute approximate surface area is 140 Å². The van der Waals surface area contributed by atoms with Gasteiger partial charge in [0.15, 0.2) is 0 Å². The summed E-state index contributed by atoms with van der Waals surface area (Å²) >= 11 is 0. The highest BCUT2D eigenvalue weighted by atomic mass is 16.1. The van der Waals surface area contributed by atoms with E-state index in [1.807, 2.05) is 60.7 Å². The first kappa shape index (κ1) is 15.5. The molecule has 0 spiro atoms. The molecule has 4 nitrogen and oxygen atoms in total. The Hall–Kier alpha value is -3.40. The van der Waals surface area contributed by atoms with Crippen molar-refractivity contribution >= 4 is 17.7 Å². The molecule has 0 amide bonds. The summed E-state index contributed by atoms with van der Waals surface area (Å²) in [4.78, 5) is 16.8. The zero-order chi connectivity index (χ0) is 16.6. The predicted octanol–water partition coefficient (Wildman–Crippen LogP) is 3.79. The van der Waals surface area contributed by atoms with Gasteiger partial charge in [-0.3, -0.25) is 9.78 Å². The third-order valence-corrected chi connectivity index (χ3v) is 3.35. The molecule has 0 aliphatic carbocycles. The summed E-state index contributed by atoms with van der Waals surface area (Å²) in [6.07, 6.45) is 4.95. The number of benzene rings is 2. The van der Waals surface area contributed by atoms with E-state index in [1.165, 1.54) is 0 Å². The number of carbonyl (C=O) groups excluding carboxylic acids is 1. The number of ketones is 1. The summed E-state index contributed by atoms with van der Waals surface area (Å²) in [5, 5.41) is 8.24. The fraction of sp³-hybridized carbons (Fsp3) is 0. The second-order valence-corrected chi connectivity index (χ2v) is 5.04. The molecule has 0 saturated heterocycles. The number of hydrogen-bond donors (Lipinski definition) is 0. The van der Waals surface area contributed by atoms with Gasteiger partial charge in [0, 0.05) is 29.1 Å². The minimum absolute atomic E-state index is 0.162. The number of pyridine rings is 1. The van der Waals surface area contributed by atoms with Crippen molar-refractivity contribution in [2.24, 2.45) is 10.2 Å². The Morgan fingerprint density at radius 1 is 0.833 bits per heavy atom. The van der Waals surface area contributed by atoms with Gasteiger partial charge in [0.2, 0.25) is 5.78 Å². The van der Waals surface area contributed by atoms with E-state index in [1.54, 1.807) is 30.7 Å². The van der Waals surface area contributed by atoms with Crippen molar-refractivity contribution in [3.63, 3.8) is 0 Å². The van der Waals surface area contributed by atoms with Crippen LogP contribution >= 0.6 is 0 Å². The average molecular weight is 313 g/mol. The van der Waals surface area contributed by atoms with Gasteiger partial charge in [-0.15, -0.1) is 5.10 Å². The van der Waals surface area contributed by atoms with E-state index in [-0.39, 0.29) is 5.78 Å². The third kappa shape index (κ3) is 3.87. The monoisotopic (exact) mass is 313 g/mol. The minimum Gasteiger partial charge on any atom is -0.287 e. The Balaban J connectivity index is 1.95. The largest absolute Gasteiger partial charge is 0.287 e. The molecular weight excluding hydrogens is 298 g/mol. The molecule has 3 aromatic rings. The average Bonchev–Trinajstić information content (AvgIpc) is 2.67. The summed E-state index contributed by atoms with van der Waals surface area (Å²) < 4.78 is 0. The quantitative estimate of drug-likeness (QED) is 0.409. The number of hydrogen-bond acceptors (Lipinski definition) is 4. The summed E-state index contributed by atoms with van der Waals surface area (Å²) in [5.74, 6) is -0.162. The van der Waals surface area contributed by atoms with Gasteiger partial charge < -0.3 is 0 Å². The van der Waals surface area contributed by atoms with Crippen LogP contribution in [0.15, 0.2) is 95.4 Å². The first-order valence-electron chi connectivity index (χ1n) is 7.51. The molecule has 116 valence electrons. The highest BCUT2D eigenvalue weighted by Crippen LogP contribution is 2.09. The number of rotatable bonds is 5. The van der Waals surface area contributed by atoms with Crippen molar-refractivity contribution < 1.29 is 4.79 Å². The minimum atomic E-state index is -0.162. The van der Waals surface area contributed by atoms with E-state index in [4.69, 9.17) is 0 Å². The smallest absolute Gasteiger partial charge is 0.213 e. The first-order chi connectivity index (χ1) is 11.8. The van der Waals surface area contributed by atoms with Crippen LogP contribution in [0.3, 0.4) is 0 Å². The van der Waals surface area contributed by atoms with Crippen molar-refractivity contribution in [1.82, 2.24) is 4.98 Å². The van der Waals surface area contributed by atoms with E-state index < -0.39 is 0 Å². The fourth-order valence-electron chi connectivity index (χ4n) is 2.16. The highest BCUT2D eigenvalue weighted by molar-refractivity contribution is 6.51. The van der Waals surface area contributed by atoms with Crippen LogP contribution in [-0.4, -0.2) is 22.7 Å². The van der Waals surface area contributed by atoms with Gasteiger partial charge in [0.05, 0.1) is 6.21 Å². The summed E-state index contributed by atoms with van der Waals surface area (Å²) in [5.41, 5.74) is 2.44. The van der Waals surface area contributed by atoms with Gasteiger partial charge >= 0.3 is 0 Å². The maximum Gasteiger partial charge on any atom is 0.213 e. The molecule has 0 saturated carbocycles. The molecule has 0 atom stereocenters. The topological polar surface area (TPSA) is 54.7 Å². The van der Waals surface area contributed by atoms with Gasteiger partial charge in [-0.2, -0.15) is 5.10 Å². The number of Topliss-reactive ketones (excluding diaryl/α,β-unsaturated/α-hetero) is 1. The molecule has 0 aliphatic rings. The normalized spacial score (nSPS) is 11.6. The Morgan fingerprint density at radius 3 is 2.12 bits per heavy atom. The predicted molar refractivity (Wildman–Crippen MR) is 95.6 cm³/mol. The van der Waals surface area contributed by atoms with E-state index in [0.29, 0.717) is 11.3 Å². The molecule has 0 fully saturated rings. The van der Waals surface area contributed by atoms with Gasteiger partial charge in [-0.25, -0.2) is 0 Å². The van der Waals surface area contributed by atoms with Crippen molar-refractivity contribution in [2.75, 3.05) is 0 Å². The van der Waals surface area contributed by atoms with Gasteiger partial charge in [0.1, 0.15) is 5.71 Å². The maximum absolute atomic E-state index is 12.8. The summed E-state index contributed by atoms with van der Waals surface area (Å²) in [6, 6.07) is 22.1. The number of aromatic nitrogens is 1. The molecular formula is C20H15N3O. The second kappa shape index (κ2) is 7.74. The van der Waals surface area contributed by atoms with Crippen LogP contribution in [0.4, 0.5) is 0 Å². The van der Waals surface area contributed by atoms with Crippen LogP contribution in [0.1, 0.15) is 21.5 Å². The van der Waals surface area contributed by atoms with Crippen LogP contribution in [0.25, 0.3) is 0 Å². The lowest BCUT2D eigenvalue weighted by molar-refractivity contribution is 0.106. The molecule has 1 aromatic heterocycles. The lowest BCUT2D eigenvalue weighted by atomic mass is 10.0. The van der Waals surface area contributed by atoms with Crippen molar-refractivity contribution in [1.29, 1.82) is 0 Å². The van der Waals surface area contributed by atoms with Crippen molar-refractivity contribution in [3.8, 4) is 0 Å². The van der Waals surface area contributed by atoms with Crippen molar-refractivity contribution in [3.05, 3.63) is 102 Å². The Morgan fingerprint density at radius 2 is 1.50 bits per heavy atom. The lowest BCUT2D eigenvalue weighted by Crippen LogP contribution is -2.15. The molecule has 2 aromatic carbocycles. The Kier molecular flexibility index (Phi) is 5.00. The molecule has 0 unspecified atom stereocenters. The highest BCUT2D eigenvalue weighted by Gasteiger charge is 2.15. The summed E-state index contributed by atoms with van der Waals surface area (Å²) in [6.45, 7) is 0. The van der Waals surface area contributed by atoms with E-state index in [2.05, 4.69) is 15.2 Å². The van der Waals surface area contributed by atoms with Gasteiger partial charge in [0.25, 0.3) is 0 Å². The molecule has 1 heterocycles. The molecule has 0 aliphatic heterocycles. The van der Waals surface area contributed by atoms with E-state index >= 15 is 0 Å². The van der Waals surface area contributed by atoms with Crippen LogP contribution in [0.5, 0.6) is 0 Å². The molecule has 3 rings (SSSR count). The van der Waals surface area contributed by atoms with Crippen LogP contribution in [0, 0.1) is 0 Å². The van der Waals surface area contributed by atoms with Crippen LogP contribution in [0.2, 0.25) is 0 Å². The maximum atomic E-state index is 12.8. The number of nitrogens with zero attached hydrogens (tertiary/aromatic N) is 3. The second-order valence-electron chi connectivity index (χ2n) is 5.04. The SMILES string of the molecule is O=C(C(=NN=Cc1cccnc1)c1ccccc1)c1ccccc1. The van der Waals surface area contributed by atoms with E-state index in [9.17, 15) is 4.79 Å². The molecule has 0 bridgehead atoms. The standard InChI is InChI=1S/C20H15N3O/c24-20(18-11-5-2-6-12-18)19(17-9-3-1-4-10-17)23-22-15-16-8-7-13-21-14-16/h1-15H. The lowest BCUT2D eigenvalue weighted by Gasteiger charge is -2.04. The zero-order valence-corrected chi connectivity index (χ0v) is 12.9.